The zero-order valence-electron chi connectivity index (χ0n) is 14.9. The Balaban J connectivity index is 1.51. The minimum Gasteiger partial charge on any atom is -0.298 e. The molecule has 0 bridgehead atoms. The molecule has 3 aromatic rings. The minimum atomic E-state index is 0.678. The number of fused-ring (bicyclic) bond motifs is 1. The lowest BCUT2D eigenvalue weighted by Gasteiger charge is -2.37. The number of likely N-dealkylation sites (tertiary alicyclic amines) is 1. The zero-order valence-corrected chi connectivity index (χ0v) is 15.7. The van der Waals surface area contributed by atoms with Crippen molar-refractivity contribution in [1.82, 2.24) is 4.90 Å². The van der Waals surface area contributed by atoms with Crippen LogP contribution in [0.1, 0.15) is 22.9 Å². The summed E-state index contributed by atoms with van der Waals surface area (Å²) in [6.07, 6.45) is 0. The van der Waals surface area contributed by atoms with E-state index in [0.717, 1.165) is 29.6 Å². The smallest absolute Gasteiger partial charge is 0.155 e. The second kappa shape index (κ2) is 6.45. The molecule has 0 saturated carbocycles. The molecule has 0 radical (unpaired) electrons. The van der Waals surface area contributed by atoms with Gasteiger partial charge in [0.25, 0.3) is 0 Å². The fourth-order valence-corrected chi connectivity index (χ4v) is 4.67. The number of amidine groups is 1. The van der Waals surface area contributed by atoms with E-state index in [-0.39, 0.29) is 0 Å². The van der Waals surface area contributed by atoms with Crippen molar-refractivity contribution in [3.8, 4) is 0 Å². The number of aliphatic imine (C=N–C) groups is 2. The summed E-state index contributed by atoms with van der Waals surface area (Å²) in [7, 11) is 0. The SMILES string of the molecule is CC1CN(Cc2ccc(C3=NCC(c4cccs4)=N3)c3ccccc23)C1. The molecule has 0 unspecified atom stereocenters. The van der Waals surface area contributed by atoms with Crippen LogP contribution in [0.4, 0.5) is 0 Å². The molecule has 2 aromatic carbocycles. The number of hydrogen-bond acceptors (Lipinski definition) is 4. The molecule has 1 saturated heterocycles. The summed E-state index contributed by atoms with van der Waals surface area (Å²) in [4.78, 5) is 13.3. The fraction of sp³-hybridized carbons (Fsp3) is 0.273. The third-order valence-electron chi connectivity index (χ3n) is 5.21. The Labute approximate surface area is 157 Å². The van der Waals surface area contributed by atoms with Crippen LogP contribution in [0, 0.1) is 5.92 Å². The average molecular weight is 359 g/mol. The molecule has 0 spiro atoms. The van der Waals surface area contributed by atoms with Gasteiger partial charge in [0.15, 0.2) is 5.84 Å². The highest BCUT2D eigenvalue weighted by molar-refractivity contribution is 7.12. The molecule has 5 rings (SSSR count). The van der Waals surface area contributed by atoms with Gasteiger partial charge in [0.2, 0.25) is 0 Å². The van der Waals surface area contributed by atoms with E-state index in [4.69, 9.17) is 9.98 Å². The van der Waals surface area contributed by atoms with Crippen molar-refractivity contribution in [3.05, 3.63) is 69.9 Å². The zero-order chi connectivity index (χ0) is 17.5. The molecule has 1 aromatic heterocycles. The van der Waals surface area contributed by atoms with E-state index in [0.29, 0.717) is 6.54 Å². The molecule has 3 heterocycles. The van der Waals surface area contributed by atoms with Gasteiger partial charge < -0.3 is 0 Å². The molecule has 0 amide bonds. The molecule has 0 N–H and O–H groups in total. The summed E-state index contributed by atoms with van der Waals surface area (Å²) < 4.78 is 0. The van der Waals surface area contributed by atoms with E-state index in [1.54, 1.807) is 11.3 Å². The van der Waals surface area contributed by atoms with E-state index in [9.17, 15) is 0 Å². The molecular weight excluding hydrogens is 338 g/mol. The lowest BCUT2D eigenvalue weighted by atomic mass is 9.96. The second-order valence-electron chi connectivity index (χ2n) is 7.29. The standard InChI is InChI=1S/C22H21N3S/c1-15-12-25(13-15)14-16-8-9-19(18-6-3-2-5-17(16)18)22-23-11-20(24-22)21-7-4-10-26-21/h2-10,15H,11-14H2,1H3. The van der Waals surface area contributed by atoms with Crippen molar-refractivity contribution in [2.24, 2.45) is 15.9 Å². The predicted molar refractivity (Wildman–Crippen MR) is 111 cm³/mol. The van der Waals surface area contributed by atoms with Gasteiger partial charge in [-0.3, -0.25) is 9.89 Å². The molecule has 26 heavy (non-hydrogen) atoms. The first-order valence-corrected chi connectivity index (χ1v) is 10.0. The van der Waals surface area contributed by atoms with Crippen LogP contribution in [-0.4, -0.2) is 36.1 Å². The van der Waals surface area contributed by atoms with Crippen LogP contribution in [0.2, 0.25) is 0 Å². The molecule has 2 aliphatic rings. The van der Waals surface area contributed by atoms with Gasteiger partial charge in [-0.05, 0) is 33.7 Å². The predicted octanol–water partition coefficient (Wildman–Crippen LogP) is 4.60. The van der Waals surface area contributed by atoms with Crippen LogP contribution >= 0.6 is 11.3 Å². The normalized spacial score (nSPS) is 18.0. The van der Waals surface area contributed by atoms with Gasteiger partial charge in [0.05, 0.1) is 17.1 Å². The maximum absolute atomic E-state index is 4.85. The Bertz CT molecular complexity index is 1010. The largest absolute Gasteiger partial charge is 0.298 e. The van der Waals surface area contributed by atoms with Gasteiger partial charge in [-0.25, -0.2) is 4.99 Å². The van der Waals surface area contributed by atoms with E-state index < -0.39 is 0 Å². The van der Waals surface area contributed by atoms with Gasteiger partial charge >= 0.3 is 0 Å². The first-order chi connectivity index (χ1) is 12.8. The van der Waals surface area contributed by atoms with Crippen molar-refractivity contribution in [3.63, 3.8) is 0 Å². The highest BCUT2D eigenvalue weighted by atomic mass is 32.1. The van der Waals surface area contributed by atoms with Crippen LogP contribution in [0.3, 0.4) is 0 Å². The summed E-state index contributed by atoms with van der Waals surface area (Å²) in [5.74, 6) is 1.70. The van der Waals surface area contributed by atoms with Gasteiger partial charge in [-0.15, -0.1) is 11.3 Å². The van der Waals surface area contributed by atoms with E-state index in [1.165, 1.54) is 34.3 Å². The van der Waals surface area contributed by atoms with Crippen LogP contribution in [0.25, 0.3) is 10.8 Å². The molecule has 1 fully saturated rings. The van der Waals surface area contributed by atoms with Gasteiger partial charge in [0, 0.05) is 25.2 Å². The molecule has 130 valence electrons. The molecule has 0 atom stereocenters. The fourth-order valence-electron chi connectivity index (χ4n) is 3.96. The van der Waals surface area contributed by atoms with E-state index in [1.807, 2.05) is 0 Å². The summed E-state index contributed by atoms with van der Waals surface area (Å²) in [5.41, 5.74) is 3.63. The number of nitrogens with zero attached hydrogens (tertiary/aromatic N) is 3. The molecule has 0 aliphatic carbocycles. The lowest BCUT2D eigenvalue weighted by molar-refractivity contribution is 0.105. The Hall–Kier alpha value is -2.30. The van der Waals surface area contributed by atoms with Crippen LogP contribution in [0.5, 0.6) is 0 Å². The topological polar surface area (TPSA) is 28.0 Å². The highest BCUT2D eigenvalue weighted by Crippen LogP contribution is 2.28. The molecule has 4 heteroatoms. The summed E-state index contributed by atoms with van der Waals surface area (Å²) in [5, 5.41) is 4.68. The molecular formula is C22H21N3S. The Morgan fingerprint density at radius 2 is 1.88 bits per heavy atom. The summed E-state index contributed by atoms with van der Waals surface area (Å²) in [6, 6.07) is 17.3. The summed E-state index contributed by atoms with van der Waals surface area (Å²) >= 11 is 1.73. The van der Waals surface area contributed by atoms with E-state index >= 15 is 0 Å². The van der Waals surface area contributed by atoms with Gasteiger partial charge in [0.1, 0.15) is 0 Å². The van der Waals surface area contributed by atoms with Crippen molar-refractivity contribution in [2.45, 2.75) is 13.5 Å². The average Bonchev–Trinajstić information content (AvgIpc) is 3.32. The Morgan fingerprint density at radius 3 is 2.65 bits per heavy atom. The Kier molecular flexibility index (Phi) is 3.95. The number of benzene rings is 2. The van der Waals surface area contributed by atoms with Gasteiger partial charge in [-0.1, -0.05) is 49.4 Å². The first-order valence-electron chi connectivity index (χ1n) is 9.17. The second-order valence-corrected chi connectivity index (χ2v) is 8.24. The lowest BCUT2D eigenvalue weighted by Crippen LogP contribution is -2.44. The van der Waals surface area contributed by atoms with E-state index in [2.05, 4.69) is 65.7 Å². The maximum atomic E-state index is 4.85. The Morgan fingerprint density at radius 1 is 1.04 bits per heavy atom. The molecule has 2 aliphatic heterocycles. The maximum Gasteiger partial charge on any atom is 0.155 e. The van der Waals surface area contributed by atoms with Crippen molar-refractivity contribution < 1.29 is 0 Å². The highest BCUT2D eigenvalue weighted by Gasteiger charge is 2.23. The van der Waals surface area contributed by atoms with Crippen molar-refractivity contribution >= 4 is 33.7 Å². The van der Waals surface area contributed by atoms with Crippen molar-refractivity contribution in [1.29, 1.82) is 0 Å². The number of thiophene rings is 1. The van der Waals surface area contributed by atoms with Gasteiger partial charge in [-0.2, -0.15) is 0 Å². The number of rotatable bonds is 4. The van der Waals surface area contributed by atoms with Crippen molar-refractivity contribution in [2.75, 3.05) is 19.6 Å². The van der Waals surface area contributed by atoms with Crippen LogP contribution in [-0.2, 0) is 6.54 Å². The monoisotopic (exact) mass is 359 g/mol. The number of hydrogen-bond donors (Lipinski definition) is 0. The quantitative estimate of drug-likeness (QED) is 0.669. The first kappa shape index (κ1) is 15.9. The van der Waals surface area contributed by atoms with Crippen LogP contribution < -0.4 is 0 Å². The van der Waals surface area contributed by atoms with Crippen LogP contribution in [0.15, 0.2) is 63.9 Å². The third kappa shape index (κ3) is 2.79. The minimum absolute atomic E-state index is 0.678. The third-order valence-corrected chi connectivity index (χ3v) is 6.13. The summed E-state index contributed by atoms with van der Waals surface area (Å²) in [6.45, 7) is 6.44. The molecule has 3 nitrogen and oxygen atoms in total.